The Balaban J connectivity index is 1.83. The number of carbonyl (C=O) groups is 1. The van der Waals surface area contributed by atoms with Crippen molar-refractivity contribution < 1.29 is 17.9 Å². The van der Waals surface area contributed by atoms with Crippen molar-refractivity contribution in [2.24, 2.45) is 0 Å². The Morgan fingerprint density at radius 2 is 1.61 bits per heavy atom. The van der Waals surface area contributed by atoms with E-state index >= 15 is 0 Å². The van der Waals surface area contributed by atoms with Crippen molar-refractivity contribution in [2.75, 3.05) is 18.0 Å². The highest BCUT2D eigenvalue weighted by molar-refractivity contribution is 7.92. The SMILES string of the molecule is COc1ccc(C(C)NC(=O)CN(c2ccccc2)S(=O)(=O)c2ccc(Cl)cc2)cc1. The van der Waals surface area contributed by atoms with Crippen LogP contribution in [0.25, 0.3) is 0 Å². The van der Waals surface area contributed by atoms with E-state index in [0.29, 0.717) is 16.5 Å². The van der Waals surface area contributed by atoms with Gasteiger partial charge in [-0.2, -0.15) is 0 Å². The molecule has 0 aliphatic rings. The van der Waals surface area contributed by atoms with Crippen molar-refractivity contribution >= 4 is 33.2 Å². The standard InChI is InChI=1S/C23H23ClN2O4S/c1-17(18-8-12-21(30-2)13-9-18)25-23(27)16-26(20-6-4-3-5-7-20)31(28,29)22-14-10-19(24)11-15-22/h3-15,17H,16H2,1-2H3,(H,25,27). The zero-order chi connectivity index (χ0) is 22.4. The van der Waals surface area contributed by atoms with Crippen LogP contribution in [0, 0.1) is 0 Å². The molecule has 31 heavy (non-hydrogen) atoms. The van der Waals surface area contributed by atoms with E-state index in [0.717, 1.165) is 9.87 Å². The van der Waals surface area contributed by atoms with Crippen molar-refractivity contribution in [1.29, 1.82) is 0 Å². The third kappa shape index (κ3) is 5.57. The number of hydrogen-bond acceptors (Lipinski definition) is 4. The number of nitrogens with one attached hydrogen (secondary N) is 1. The Hall–Kier alpha value is -3.03. The van der Waals surface area contributed by atoms with Gasteiger partial charge in [-0.3, -0.25) is 9.10 Å². The first-order valence-electron chi connectivity index (χ1n) is 9.58. The molecule has 0 radical (unpaired) electrons. The fourth-order valence-electron chi connectivity index (χ4n) is 3.04. The Kier molecular flexibility index (Phi) is 7.20. The number of halogens is 1. The van der Waals surface area contributed by atoms with E-state index in [4.69, 9.17) is 16.3 Å². The van der Waals surface area contributed by atoms with Gasteiger partial charge in [0.1, 0.15) is 12.3 Å². The maximum absolute atomic E-state index is 13.3. The van der Waals surface area contributed by atoms with E-state index in [9.17, 15) is 13.2 Å². The van der Waals surface area contributed by atoms with Gasteiger partial charge < -0.3 is 10.1 Å². The van der Waals surface area contributed by atoms with Crippen LogP contribution in [-0.2, 0) is 14.8 Å². The lowest BCUT2D eigenvalue weighted by atomic mass is 10.1. The summed E-state index contributed by atoms with van der Waals surface area (Å²) in [5, 5.41) is 3.29. The largest absolute Gasteiger partial charge is 0.497 e. The fourth-order valence-corrected chi connectivity index (χ4v) is 4.58. The van der Waals surface area contributed by atoms with Crippen LogP contribution in [-0.4, -0.2) is 28.0 Å². The molecule has 0 fully saturated rings. The molecule has 0 aliphatic heterocycles. The highest BCUT2D eigenvalue weighted by atomic mass is 35.5. The molecule has 0 spiro atoms. The smallest absolute Gasteiger partial charge is 0.264 e. The molecule has 1 amide bonds. The van der Waals surface area contributed by atoms with Gasteiger partial charge in [0.25, 0.3) is 10.0 Å². The van der Waals surface area contributed by atoms with Crippen LogP contribution in [0.1, 0.15) is 18.5 Å². The van der Waals surface area contributed by atoms with Crippen LogP contribution in [0.3, 0.4) is 0 Å². The van der Waals surface area contributed by atoms with E-state index in [1.165, 1.54) is 24.3 Å². The van der Waals surface area contributed by atoms with Gasteiger partial charge in [0.2, 0.25) is 5.91 Å². The number of amides is 1. The molecule has 6 nitrogen and oxygen atoms in total. The second-order valence-corrected chi connectivity index (χ2v) is 9.16. The number of para-hydroxylation sites is 1. The molecule has 1 atom stereocenters. The minimum atomic E-state index is -3.98. The van der Waals surface area contributed by atoms with E-state index in [-0.39, 0.29) is 17.5 Å². The van der Waals surface area contributed by atoms with Gasteiger partial charge >= 0.3 is 0 Å². The second-order valence-electron chi connectivity index (χ2n) is 6.86. The normalized spacial score (nSPS) is 12.1. The zero-order valence-corrected chi connectivity index (χ0v) is 18.7. The Labute approximate surface area is 187 Å². The van der Waals surface area contributed by atoms with Crippen LogP contribution in [0.15, 0.2) is 83.8 Å². The zero-order valence-electron chi connectivity index (χ0n) is 17.2. The quantitative estimate of drug-likeness (QED) is 0.542. The summed E-state index contributed by atoms with van der Waals surface area (Å²) in [4.78, 5) is 12.9. The Bertz CT molecular complexity index is 1120. The monoisotopic (exact) mass is 458 g/mol. The van der Waals surface area contributed by atoms with Gasteiger partial charge in [0.15, 0.2) is 0 Å². The van der Waals surface area contributed by atoms with Crippen molar-refractivity contribution in [3.63, 3.8) is 0 Å². The summed E-state index contributed by atoms with van der Waals surface area (Å²) in [6.45, 7) is 1.47. The Morgan fingerprint density at radius 1 is 1.00 bits per heavy atom. The minimum absolute atomic E-state index is 0.0526. The summed E-state index contributed by atoms with van der Waals surface area (Å²) in [5.41, 5.74) is 1.27. The topological polar surface area (TPSA) is 75.7 Å². The van der Waals surface area contributed by atoms with E-state index in [1.54, 1.807) is 49.6 Å². The number of anilines is 1. The number of sulfonamides is 1. The first kappa shape index (κ1) is 22.7. The summed E-state index contributed by atoms with van der Waals surface area (Å²) in [6.07, 6.45) is 0. The number of carbonyl (C=O) groups excluding carboxylic acids is 1. The molecule has 3 aromatic rings. The first-order valence-corrected chi connectivity index (χ1v) is 11.4. The highest BCUT2D eigenvalue weighted by Gasteiger charge is 2.27. The van der Waals surface area contributed by atoms with Gasteiger partial charge in [0.05, 0.1) is 23.7 Å². The molecule has 0 bridgehead atoms. The first-order chi connectivity index (χ1) is 14.8. The maximum atomic E-state index is 13.3. The maximum Gasteiger partial charge on any atom is 0.264 e. The summed E-state index contributed by atoms with van der Waals surface area (Å²) in [7, 11) is -2.40. The molecule has 1 unspecified atom stereocenters. The van der Waals surface area contributed by atoms with E-state index in [1.807, 2.05) is 19.1 Å². The Morgan fingerprint density at radius 3 is 2.19 bits per heavy atom. The lowest BCUT2D eigenvalue weighted by Gasteiger charge is -2.25. The summed E-state index contributed by atoms with van der Waals surface area (Å²) in [5.74, 6) is 0.288. The van der Waals surface area contributed by atoms with Crippen molar-refractivity contribution in [3.8, 4) is 5.75 Å². The van der Waals surface area contributed by atoms with Crippen molar-refractivity contribution in [3.05, 3.63) is 89.4 Å². The molecule has 0 saturated carbocycles. The average molecular weight is 459 g/mol. The van der Waals surface area contributed by atoms with Crippen LogP contribution in [0.4, 0.5) is 5.69 Å². The average Bonchev–Trinajstić information content (AvgIpc) is 2.78. The third-order valence-electron chi connectivity index (χ3n) is 4.73. The summed E-state index contributed by atoms with van der Waals surface area (Å²) >= 11 is 5.90. The molecule has 0 aromatic heterocycles. The van der Waals surface area contributed by atoms with Crippen LogP contribution >= 0.6 is 11.6 Å². The van der Waals surface area contributed by atoms with Gasteiger partial charge in [-0.1, -0.05) is 41.9 Å². The third-order valence-corrected chi connectivity index (χ3v) is 6.77. The van der Waals surface area contributed by atoms with E-state index < -0.39 is 15.9 Å². The highest BCUT2D eigenvalue weighted by Crippen LogP contribution is 2.25. The molecule has 0 saturated heterocycles. The second kappa shape index (κ2) is 9.85. The number of nitrogens with zero attached hydrogens (tertiary/aromatic N) is 1. The van der Waals surface area contributed by atoms with Crippen molar-refractivity contribution in [1.82, 2.24) is 5.32 Å². The number of benzene rings is 3. The molecule has 8 heteroatoms. The van der Waals surface area contributed by atoms with E-state index in [2.05, 4.69) is 5.32 Å². The minimum Gasteiger partial charge on any atom is -0.497 e. The van der Waals surface area contributed by atoms with Crippen LogP contribution in [0.5, 0.6) is 5.75 Å². The van der Waals surface area contributed by atoms with Gasteiger partial charge in [-0.15, -0.1) is 0 Å². The lowest BCUT2D eigenvalue weighted by Crippen LogP contribution is -2.41. The number of rotatable bonds is 8. The molecule has 3 aromatic carbocycles. The van der Waals surface area contributed by atoms with Crippen molar-refractivity contribution in [2.45, 2.75) is 17.9 Å². The molecule has 0 heterocycles. The molecule has 162 valence electrons. The summed E-state index contributed by atoms with van der Waals surface area (Å²) in [6, 6.07) is 21.4. The number of ether oxygens (including phenoxy) is 1. The van der Waals surface area contributed by atoms with Gasteiger partial charge in [-0.25, -0.2) is 8.42 Å². The predicted octanol–water partition coefficient (Wildman–Crippen LogP) is 4.42. The molecule has 1 N–H and O–H groups in total. The molecular weight excluding hydrogens is 436 g/mol. The molecule has 3 rings (SSSR count). The predicted molar refractivity (Wildman–Crippen MR) is 122 cm³/mol. The number of methoxy groups -OCH3 is 1. The number of hydrogen-bond donors (Lipinski definition) is 1. The lowest BCUT2D eigenvalue weighted by molar-refractivity contribution is -0.120. The van der Waals surface area contributed by atoms with Gasteiger partial charge in [-0.05, 0) is 61.0 Å². The molecule has 0 aliphatic carbocycles. The fraction of sp³-hybridized carbons (Fsp3) is 0.174. The van der Waals surface area contributed by atoms with Gasteiger partial charge in [0, 0.05) is 5.02 Å². The molecular formula is C23H23ClN2O4S. The van der Waals surface area contributed by atoms with Crippen LogP contribution < -0.4 is 14.4 Å². The van der Waals surface area contributed by atoms with Crippen LogP contribution in [0.2, 0.25) is 5.02 Å². The summed E-state index contributed by atoms with van der Waals surface area (Å²) < 4.78 is 32.8.